The summed E-state index contributed by atoms with van der Waals surface area (Å²) in [7, 11) is -4.03. The number of para-hydroxylation sites is 1. The van der Waals surface area contributed by atoms with Gasteiger partial charge in [-0.25, -0.2) is 13.1 Å². The maximum absolute atomic E-state index is 12.1. The van der Waals surface area contributed by atoms with Crippen molar-refractivity contribution in [2.75, 3.05) is 13.1 Å². The third kappa shape index (κ3) is 3.59. The van der Waals surface area contributed by atoms with E-state index in [1.807, 2.05) is 0 Å². The van der Waals surface area contributed by atoms with Crippen LogP contribution in [0.4, 0.5) is 5.69 Å². The van der Waals surface area contributed by atoms with E-state index in [1.165, 1.54) is 12.1 Å². The fourth-order valence-electron chi connectivity index (χ4n) is 1.81. The van der Waals surface area contributed by atoms with Gasteiger partial charge in [-0.3, -0.25) is 14.9 Å². The first-order chi connectivity index (χ1) is 10.3. The molecule has 0 atom stereocenters. The van der Waals surface area contributed by atoms with Crippen LogP contribution in [0.25, 0.3) is 0 Å². The second-order valence-electron chi connectivity index (χ2n) is 5.03. The van der Waals surface area contributed by atoms with E-state index in [4.69, 9.17) is 5.73 Å². The van der Waals surface area contributed by atoms with Gasteiger partial charge in [-0.1, -0.05) is 12.1 Å². The molecule has 10 heteroatoms. The number of nitrogens with one attached hydrogen (secondary N) is 2. The van der Waals surface area contributed by atoms with E-state index in [-0.39, 0.29) is 19.0 Å². The predicted octanol–water partition coefficient (Wildman–Crippen LogP) is -0.519. The van der Waals surface area contributed by atoms with Crippen LogP contribution in [0, 0.1) is 10.1 Å². The molecule has 1 aliphatic rings. The van der Waals surface area contributed by atoms with Gasteiger partial charge >= 0.3 is 0 Å². The quantitative estimate of drug-likeness (QED) is 0.349. The van der Waals surface area contributed by atoms with Gasteiger partial charge in [0, 0.05) is 19.2 Å². The largest absolute Gasteiger partial charge is 0.353 e. The standard InChI is InChI=1S/C12H16N4O5S/c13-12(5-6-12)11(17)14-7-8-15-22(20,21)10-4-2-1-3-9(10)16(18)19/h1-4,15H,5-8,13H2,(H,14,17). The van der Waals surface area contributed by atoms with E-state index < -0.39 is 31.1 Å². The van der Waals surface area contributed by atoms with Gasteiger partial charge in [0.1, 0.15) is 0 Å². The van der Waals surface area contributed by atoms with Crippen LogP contribution < -0.4 is 15.8 Å². The Balaban J connectivity index is 1.94. The molecule has 0 saturated heterocycles. The molecule has 1 aliphatic carbocycles. The summed E-state index contributed by atoms with van der Waals surface area (Å²) in [5.41, 5.74) is 4.35. The number of nitro groups is 1. The normalized spacial score (nSPS) is 16.0. The summed E-state index contributed by atoms with van der Waals surface area (Å²) < 4.78 is 26.3. The summed E-state index contributed by atoms with van der Waals surface area (Å²) in [6.07, 6.45) is 1.22. The average Bonchev–Trinajstić information content (AvgIpc) is 3.22. The second-order valence-corrected chi connectivity index (χ2v) is 6.77. The molecule has 0 aliphatic heterocycles. The van der Waals surface area contributed by atoms with Crippen LogP contribution in [0.1, 0.15) is 12.8 Å². The lowest BCUT2D eigenvalue weighted by Gasteiger charge is -2.11. The van der Waals surface area contributed by atoms with E-state index in [0.29, 0.717) is 12.8 Å². The first-order valence-corrected chi connectivity index (χ1v) is 8.05. The highest BCUT2D eigenvalue weighted by Gasteiger charge is 2.45. The van der Waals surface area contributed by atoms with E-state index >= 15 is 0 Å². The van der Waals surface area contributed by atoms with Crippen LogP contribution in [0.2, 0.25) is 0 Å². The summed E-state index contributed by atoms with van der Waals surface area (Å²) >= 11 is 0. The number of nitrogens with zero attached hydrogens (tertiary/aromatic N) is 1. The number of nitrogens with two attached hydrogens (primary N) is 1. The lowest BCUT2D eigenvalue weighted by molar-refractivity contribution is -0.387. The van der Waals surface area contributed by atoms with Crippen molar-refractivity contribution in [1.82, 2.24) is 10.0 Å². The Bertz CT molecular complexity index is 699. The molecule has 0 radical (unpaired) electrons. The lowest BCUT2D eigenvalue weighted by atomic mass is 10.3. The number of hydrogen-bond donors (Lipinski definition) is 3. The molecule has 0 heterocycles. The Morgan fingerprint density at radius 1 is 1.32 bits per heavy atom. The summed E-state index contributed by atoms with van der Waals surface area (Å²) in [6.45, 7) is -0.0339. The molecule has 22 heavy (non-hydrogen) atoms. The summed E-state index contributed by atoms with van der Waals surface area (Å²) in [5.74, 6) is -0.322. The van der Waals surface area contributed by atoms with Crippen molar-refractivity contribution < 1.29 is 18.1 Å². The van der Waals surface area contributed by atoms with Crippen molar-refractivity contribution >= 4 is 21.6 Å². The van der Waals surface area contributed by atoms with Gasteiger partial charge in [0.15, 0.2) is 4.90 Å². The minimum absolute atomic E-state index is 0.0532. The molecule has 0 unspecified atom stereocenters. The third-order valence-electron chi connectivity index (χ3n) is 3.29. The molecule has 120 valence electrons. The number of carbonyl (C=O) groups excluding carboxylic acids is 1. The maximum atomic E-state index is 12.1. The topological polar surface area (TPSA) is 144 Å². The van der Waals surface area contributed by atoms with Gasteiger partial charge < -0.3 is 11.1 Å². The average molecular weight is 328 g/mol. The van der Waals surface area contributed by atoms with E-state index in [9.17, 15) is 23.3 Å². The maximum Gasteiger partial charge on any atom is 0.289 e. The first-order valence-electron chi connectivity index (χ1n) is 6.56. The molecule has 0 bridgehead atoms. The molecular weight excluding hydrogens is 312 g/mol. The monoisotopic (exact) mass is 328 g/mol. The zero-order chi connectivity index (χ0) is 16.4. The summed E-state index contributed by atoms with van der Waals surface area (Å²) in [5, 5.41) is 13.4. The molecule has 9 nitrogen and oxygen atoms in total. The molecule has 0 aromatic heterocycles. The van der Waals surface area contributed by atoms with Gasteiger partial charge in [-0.05, 0) is 18.9 Å². The number of rotatable bonds is 7. The van der Waals surface area contributed by atoms with Crippen molar-refractivity contribution in [3.05, 3.63) is 34.4 Å². The van der Waals surface area contributed by atoms with E-state index in [1.54, 1.807) is 0 Å². The number of benzene rings is 1. The van der Waals surface area contributed by atoms with E-state index in [0.717, 1.165) is 12.1 Å². The molecule has 1 fully saturated rings. The number of carbonyl (C=O) groups is 1. The zero-order valence-electron chi connectivity index (χ0n) is 11.6. The zero-order valence-corrected chi connectivity index (χ0v) is 12.4. The Morgan fingerprint density at radius 3 is 2.55 bits per heavy atom. The van der Waals surface area contributed by atoms with Crippen LogP contribution in [0.5, 0.6) is 0 Å². The third-order valence-corrected chi connectivity index (χ3v) is 4.80. The van der Waals surface area contributed by atoms with E-state index in [2.05, 4.69) is 10.0 Å². The number of hydrogen-bond acceptors (Lipinski definition) is 6. The SMILES string of the molecule is NC1(C(=O)NCCNS(=O)(=O)c2ccccc2[N+](=O)[O-])CC1. The molecule has 1 aromatic carbocycles. The highest BCUT2D eigenvalue weighted by atomic mass is 32.2. The number of sulfonamides is 1. The Labute approximate surface area is 127 Å². The molecule has 1 amide bonds. The molecule has 1 saturated carbocycles. The minimum Gasteiger partial charge on any atom is -0.353 e. The molecule has 0 spiro atoms. The van der Waals surface area contributed by atoms with Gasteiger partial charge in [-0.15, -0.1) is 0 Å². The molecule has 1 aromatic rings. The highest BCUT2D eigenvalue weighted by molar-refractivity contribution is 7.89. The minimum atomic E-state index is -4.03. The van der Waals surface area contributed by atoms with Crippen molar-refractivity contribution in [2.24, 2.45) is 5.73 Å². The number of nitro benzene ring substituents is 1. The van der Waals surface area contributed by atoms with Crippen LogP contribution in [0.15, 0.2) is 29.2 Å². The summed E-state index contributed by atoms with van der Waals surface area (Å²) in [6, 6.07) is 5.04. The summed E-state index contributed by atoms with van der Waals surface area (Å²) in [4.78, 5) is 21.2. The van der Waals surface area contributed by atoms with Crippen molar-refractivity contribution in [3.63, 3.8) is 0 Å². The smallest absolute Gasteiger partial charge is 0.289 e. The van der Waals surface area contributed by atoms with Crippen LogP contribution in [-0.2, 0) is 14.8 Å². The lowest BCUT2D eigenvalue weighted by Crippen LogP contribution is -2.45. The second kappa shape index (κ2) is 5.99. The molecule has 4 N–H and O–H groups in total. The van der Waals surface area contributed by atoms with Crippen molar-refractivity contribution in [3.8, 4) is 0 Å². The predicted molar refractivity (Wildman–Crippen MR) is 77.4 cm³/mol. The van der Waals surface area contributed by atoms with Crippen molar-refractivity contribution in [2.45, 2.75) is 23.3 Å². The highest BCUT2D eigenvalue weighted by Crippen LogP contribution is 2.31. The molecular formula is C12H16N4O5S. The van der Waals surface area contributed by atoms with Crippen LogP contribution in [-0.4, -0.2) is 37.9 Å². The fourth-order valence-corrected chi connectivity index (χ4v) is 3.01. The fraction of sp³-hybridized carbons (Fsp3) is 0.417. The molecule has 2 rings (SSSR count). The Morgan fingerprint density at radius 2 is 1.95 bits per heavy atom. The van der Waals surface area contributed by atoms with Crippen LogP contribution >= 0.6 is 0 Å². The number of amides is 1. The van der Waals surface area contributed by atoms with Gasteiger partial charge in [0.2, 0.25) is 15.9 Å². The van der Waals surface area contributed by atoms with Crippen molar-refractivity contribution in [1.29, 1.82) is 0 Å². The van der Waals surface area contributed by atoms with Gasteiger partial charge in [0.05, 0.1) is 10.5 Å². The van der Waals surface area contributed by atoms with Gasteiger partial charge in [-0.2, -0.15) is 0 Å². The van der Waals surface area contributed by atoms with Crippen LogP contribution in [0.3, 0.4) is 0 Å². The Kier molecular flexibility index (Phi) is 4.44. The Hall–Kier alpha value is -2.04. The first kappa shape index (κ1) is 16.3. The van der Waals surface area contributed by atoms with Gasteiger partial charge in [0.25, 0.3) is 5.69 Å².